The largest absolute Gasteiger partial charge is 0.476 e. The molecule has 2 heterocycles. The van der Waals surface area contributed by atoms with Gasteiger partial charge >= 0.3 is 5.97 Å². The predicted octanol–water partition coefficient (Wildman–Crippen LogP) is 3.17. The van der Waals surface area contributed by atoms with Crippen LogP contribution in [0.25, 0.3) is 0 Å². The van der Waals surface area contributed by atoms with Crippen molar-refractivity contribution in [1.29, 1.82) is 0 Å². The summed E-state index contributed by atoms with van der Waals surface area (Å²) in [4.78, 5) is 15.6. The summed E-state index contributed by atoms with van der Waals surface area (Å²) in [6, 6.07) is 3.75. The van der Waals surface area contributed by atoms with E-state index in [9.17, 15) is 4.79 Å². The van der Waals surface area contributed by atoms with Gasteiger partial charge in [0.15, 0.2) is 10.8 Å². The number of thiazole rings is 1. The Balaban J connectivity index is 1.97. The van der Waals surface area contributed by atoms with E-state index in [4.69, 9.17) is 16.7 Å². The van der Waals surface area contributed by atoms with Crippen molar-refractivity contribution in [3.8, 4) is 0 Å². The number of carboxylic acid groups (broad SMARTS) is 1. The minimum atomic E-state index is -1.01. The number of thiophene rings is 1. The van der Waals surface area contributed by atoms with Crippen molar-refractivity contribution in [2.75, 3.05) is 5.32 Å². The third kappa shape index (κ3) is 2.72. The van der Waals surface area contributed by atoms with Crippen molar-refractivity contribution >= 4 is 45.4 Å². The molecule has 0 radical (unpaired) electrons. The molecule has 84 valence electrons. The highest BCUT2D eigenvalue weighted by atomic mass is 35.5. The Bertz CT molecular complexity index is 509. The number of halogens is 1. The van der Waals surface area contributed by atoms with Crippen LogP contribution in [0.15, 0.2) is 17.5 Å². The fourth-order valence-corrected chi connectivity index (χ4v) is 2.77. The van der Waals surface area contributed by atoms with Crippen molar-refractivity contribution in [1.82, 2.24) is 4.98 Å². The summed E-state index contributed by atoms with van der Waals surface area (Å²) in [6.07, 6.45) is 0. The Labute approximate surface area is 105 Å². The Hall–Kier alpha value is -1.11. The van der Waals surface area contributed by atoms with Gasteiger partial charge in [-0.15, -0.1) is 22.7 Å². The number of aromatic carboxylic acids is 1. The highest BCUT2D eigenvalue weighted by Crippen LogP contribution is 2.23. The van der Waals surface area contributed by atoms with E-state index in [1.165, 1.54) is 28.1 Å². The molecule has 2 aromatic rings. The average molecular weight is 275 g/mol. The van der Waals surface area contributed by atoms with E-state index in [0.29, 0.717) is 11.7 Å². The summed E-state index contributed by atoms with van der Waals surface area (Å²) in [7, 11) is 0. The number of carbonyl (C=O) groups is 1. The first-order valence-electron chi connectivity index (χ1n) is 4.32. The van der Waals surface area contributed by atoms with E-state index in [1.54, 1.807) is 0 Å². The van der Waals surface area contributed by atoms with Crippen molar-refractivity contribution < 1.29 is 9.90 Å². The molecule has 0 spiro atoms. The summed E-state index contributed by atoms with van der Waals surface area (Å²) < 4.78 is 0.738. The van der Waals surface area contributed by atoms with Gasteiger partial charge in [-0.05, 0) is 12.1 Å². The van der Waals surface area contributed by atoms with Gasteiger partial charge in [-0.2, -0.15) is 0 Å². The number of hydrogen-bond donors (Lipinski definition) is 2. The normalized spacial score (nSPS) is 10.3. The molecule has 2 rings (SSSR count). The summed E-state index contributed by atoms with van der Waals surface area (Å²) >= 11 is 8.54. The van der Waals surface area contributed by atoms with Crippen LogP contribution in [0.3, 0.4) is 0 Å². The standard InChI is InChI=1S/C9H7ClN2O2S2/c10-7-2-1-5(16-7)3-11-9-12-6(4-15-9)8(13)14/h1-2,4H,3H2,(H,11,12)(H,13,14). The molecule has 2 aromatic heterocycles. The topological polar surface area (TPSA) is 62.2 Å². The van der Waals surface area contributed by atoms with Gasteiger partial charge in [0.25, 0.3) is 0 Å². The number of hydrogen-bond acceptors (Lipinski definition) is 5. The molecule has 0 aliphatic heterocycles. The Kier molecular flexibility index (Phi) is 3.42. The lowest BCUT2D eigenvalue weighted by Gasteiger charge is -1.98. The van der Waals surface area contributed by atoms with Gasteiger partial charge in [-0.3, -0.25) is 0 Å². The van der Waals surface area contributed by atoms with Crippen LogP contribution in [0.2, 0.25) is 4.34 Å². The molecule has 0 amide bonds. The lowest BCUT2D eigenvalue weighted by molar-refractivity contribution is 0.0691. The van der Waals surface area contributed by atoms with E-state index < -0.39 is 5.97 Å². The number of aromatic nitrogens is 1. The molecule has 0 aliphatic rings. The van der Waals surface area contributed by atoms with Crippen LogP contribution in [-0.4, -0.2) is 16.1 Å². The van der Waals surface area contributed by atoms with Crippen LogP contribution in [0.5, 0.6) is 0 Å². The average Bonchev–Trinajstić information content (AvgIpc) is 2.83. The summed E-state index contributed by atoms with van der Waals surface area (Å²) in [6.45, 7) is 0.601. The molecule has 0 aromatic carbocycles. The minimum absolute atomic E-state index is 0.0664. The summed E-state index contributed by atoms with van der Waals surface area (Å²) in [5.41, 5.74) is 0.0664. The third-order valence-corrected chi connectivity index (χ3v) is 3.80. The first kappa shape index (κ1) is 11.4. The van der Waals surface area contributed by atoms with Gasteiger partial charge in [0.05, 0.1) is 10.9 Å². The van der Waals surface area contributed by atoms with Crippen LogP contribution >= 0.6 is 34.3 Å². The molecule has 0 atom stereocenters. The first-order valence-corrected chi connectivity index (χ1v) is 6.39. The van der Waals surface area contributed by atoms with E-state index in [2.05, 4.69) is 10.3 Å². The second-order valence-corrected chi connectivity index (χ2v) is 5.56. The van der Waals surface area contributed by atoms with Crippen molar-refractivity contribution in [3.63, 3.8) is 0 Å². The molecule has 0 fully saturated rings. The van der Waals surface area contributed by atoms with Crippen molar-refractivity contribution in [3.05, 3.63) is 32.4 Å². The van der Waals surface area contributed by atoms with Crippen LogP contribution in [0.1, 0.15) is 15.4 Å². The number of anilines is 1. The maximum Gasteiger partial charge on any atom is 0.355 e. The Morgan fingerprint density at radius 3 is 2.94 bits per heavy atom. The van der Waals surface area contributed by atoms with Gasteiger partial charge in [0, 0.05) is 10.3 Å². The van der Waals surface area contributed by atoms with E-state index in [1.807, 2.05) is 12.1 Å². The summed E-state index contributed by atoms with van der Waals surface area (Å²) in [5, 5.41) is 13.8. The smallest absolute Gasteiger partial charge is 0.355 e. The molecule has 0 saturated heterocycles. The molecule has 0 aliphatic carbocycles. The highest BCUT2D eigenvalue weighted by Gasteiger charge is 2.08. The van der Waals surface area contributed by atoms with Gasteiger partial charge in [-0.25, -0.2) is 9.78 Å². The number of carboxylic acids is 1. The quantitative estimate of drug-likeness (QED) is 0.899. The zero-order chi connectivity index (χ0) is 11.5. The van der Waals surface area contributed by atoms with Gasteiger partial charge in [0.2, 0.25) is 0 Å². The van der Waals surface area contributed by atoms with Crippen LogP contribution < -0.4 is 5.32 Å². The second kappa shape index (κ2) is 4.82. The van der Waals surface area contributed by atoms with E-state index >= 15 is 0 Å². The third-order valence-electron chi connectivity index (χ3n) is 1.77. The molecule has 16 heavy (non-hydrogen) atoms. The summed E-state index contributed by atoms with van der Waals surface area (Å²) in [5.74, 6) is -1.01. The zero-order valence-corrected chi connectivity index (χ0v) is 10.3. The Morgan fingerprint density at radius 1 is 1.56 bits per heavy atom. The van der Waals surface area contributed by atoms with Gasteiger partial charge in [0.1, 0.15) is 0 Å². The van der Waals surface area contributed by atoms with Crippen LogP contribution in [-0.2, 0) is 6.54 Å². The second-order valence-electron chi connectivity index (χ2n) is 2.90. The van der Waals surface area contributed by atoms with Crippen LogP contribution in [0.4, 0.5) is 5.13 Å². The van der Waals surface area contributed by atoms with Crippen LogP contribution in [0, 0.1) is 0 Å². The van der Waals surface area contributed by atoms with Gasteiger partial charge in [-0.1, -0.05) is 11.6 Å². The number of rotatable bonds is 4. The molecule has 4 nitrogen and oxygen atoms in total. The zero-order valence-electron chi connectivity index (χ0n) is 7.94. The SMILES string of the molecule is O=C(O)c1csc(NCc2ccc(Cl)s2)n1. The molecule has 0 bridgehead atoms. The molecule has 2 N–H and O–H groups in total. The lowest BCUT2D eigenvalue weighted by Crippen LogP contribution is -1.99. The molecule has 0 unspecified atom stereocenters. The maximum atomic E-state index is 10.6. The fourth-order valence-electron chi connectivity index (χ4n) is 1.06. The van der Waals surface area contributed by atoms with Crippen molar-refractivity contribution in [2.45, 2.75) is 6.54 Å². The number of nitrogens with zero attached hydrogens (tertiary/aromatic N) is 1. The lowest BCUT2D eigenvalue weighted by atomic mass is 10.5. The first-order chi connectivity index (χ1) is 7.65. The molecular weight excluding hydrogens is 268 g/mol. The Morgan fingerprint density at radius 2 is 2.38 bits per heavy atom. The monoisotopic (exact) mass is 274 g/mol. The van der Waals surface area contributed by atoms with E-state index in [-0.39, 0.29) is 5.69 Å². The number of nitrogens with one attached hydrogen (secondary N) is 1. The maximum absolute atomic E-state index is 10.6. The molecular formula is C9H7ClN2O2S2. The predicted molar refractivity (Wildman–Crippen MR) is 65.7 cm³/mol. The van der Waals surface area contributed by atoms with Crippen molar-refractivity contribution in [2.24, 2.45) is 0 Å². The molecule has 0 saturated carbocycles. The molecule has 7 heteroatoms. The van der Waals surface area contributed by atoms with E-state index in [0.717, 1.165) is 9.21 Å². The highest BCUT2D eigenvalue weighted by molar-refractivity contribution is 7.16. The van der Waals surface area contributed by atoms with Gasteiger partial charge < -0.3 is 10.4 Å². The fraction of sp³-hybridized carbons (Fsp3) is 0.111. The minimum Gasteiger partial charge on any atom is -0.476 e.